The van der Waals surface area contributed by atoms with Crippen molar-refractivity contribution >= 4 is 19.8 Å². The third-order valence-electron chi connectivity index (χ3n) is 1.96. The quantitative estimate of drug-likeness (QED) is 0.498. The van der Waals surface area contributed by atoms with Crippen molar-refractivity contribution in [1.82, 2.24) is 4.90 Å². The predicted molar refractivity (Wildman–Crippen MR) is 53.1 cm³/mol. The molecule has 0 saturated carbocycles. The van der Waals surface area contributed by atoms with Gasteiger partial charge in [-0.1, -0.05) is 24.3 Å². The molecule has 0 aliphatic carbocycles. The van der Waals surface area contributed by atoms with E-state index < -0.39 is 0 Å². The predicted octanol–water partition coefficient (Wildman–Crippen LogP) is -4.26. The second-order valence-corrected chi connectivity index (χ2v) is 2.96. The second kappa shape index (κ2) is 9.93. The van der Waals surface area contributed by atoms with Gasteiger partial charge in [0.1, 0.15) is 0 Å². The zero-order valence-corrected chi connectivity index (χ0v) is 12.6. The number of rotatable bonds is 2. The van der Waals surface area contributed by atoms with Crippen molar-refractivity contribution in [2.24, 2.45) is 0 Å². The normalized spacial score (nSPS) is 10.6. The number of halogens is 2. The van der Waals surface area contributed by atoms with Crippen molar-refractivity contribution in [3.05, 3.63) is 35.9 Å². The number of hydrogen-bond acceptors (Lipinski definition) is 1. The smallest absolute Gasteiger partial charge is 0.0319 e. The van der Waals surface area contributed by atoms with Crippen molar-refractivity contribution in [2.45, 2.75) is 13.0 Å². The number of benzene rings is 1. The van der Waals surface area contributed by atoms with Gasteiger partial charge in [-0.2, -0.15) is 0 Å². The molecular formula is C10H14Cl2GaN-2. The summed E-state index contributed by atoms with van der Waals surface area (Å²) < 4.78 is 0. The minimum absolute atomic E-state index is 0. The van der Waals surface area contributed by atoms with Crippen LogP contribution in [0.2, 0.25) is 0 Å². The number of nitrogens with zero attached hydrogens (tertiary/aromatic N) is 1. The number of hydrogen-bond donors (Lipinski definition) is 0. The monoisotopic (exact) mass is 287 g/mol. The Balaban J connectivity index is -0.000000403. The Morgan fingerprint density at radius 2 is 1.79 bits per heavy atom. The molecule has 1 unspecified atom stereocenters. The van der Waals surface area contributed by atoms with Crippen molar-refractivity contribution in [3.8, 4) is 0 Å². The van der Waals surface area contributed by atoms with Crippen LogP contribution in [0.3, 0.4) is 0 Å². The van der Waals surface area contributed by atoms with Crippen molar-refractivity contribution in [1.29, 1.82) is 0 Å². The van der Waals surface area contributed by atoms with E-state index in [0.717, 1.165) is 0 Å². The maximum absolute atomic E-state index is 3.21. The molecule has 0 heterocycles. The van der Waals surface area contributed by atoms with Crippen LogP contribution in [-0.4, -0.2) is 38.8 Å². The summed E-state index contributed by atoms with van der Waals surface area (Å²) in [6, 6.07) is 11.8. The summed E-state index contributed by atoms with van der Waals surface area (Å²) in [5.41, 5.74) is 1.25. The van der Waals surface area contributed by atoms with Gasteiger partial charge < -0.3 is 29.7 Å². The maximum atomic E-state index is 3.21. The van der Waals surface area contributed by atoms with E-state index in [1.807, 2.05) is 18.2 Å². The van der Waals surface area contributed by atoms with E-state index in [0.29, 0.717) is 6.04 Å². The van der Waals surface area contributed by atoms with E-state index in [9.17, 15) is 0 Å². The largest absolute Gasteiger partial charge is 1.00 e. The fraction of sp³-hybridized carbons (Fsp3) is 0.400. The van der Waals surface area contributed by atoms with Crippen LogP contribution in [0.4, 0.5) is 0 Å². The van der Waals surface area contributed by atoms with Crippen LogP contribution in [0.5, 0.6) is 0 Å². The molecule has 0 aliphatic heterocycles. The van der Waals surface area contributed by atoms with Crippen LogP contribution >= 0.6 is 0 Å². The summed E-state index contributed by atoms with van der Waals surface area (Å²) >= 11 is 0. The van der Waals surface area contributed by atoms with Gasteiger partial charge >= 0.3 is 0 Å². The molecule has 14 heavy (non-hydrogen) atoms. The fourth-order valence-electron chi connectivity index (χ4n) is 0.945. The average Bonchev–Trinajstić information content (AvgIpc) is 2.05. The van der Waals surface area contributed by atoms with Crippen molar-refractivity contribution < 1.29 is 24.8 Å². The Hall–Kier alpha value is 0.396. The third kappa shape index (κ3) is 5.99. The van der Waals surface area contributed by atoms with Gasteiger partial charge in [0.25, 0.3) is 0 Å². The topological polar surface area (TPSA) is 3.24 Å². The first-order valence-electron chi connectivity index (χ1n) is 3.85. The van der Waals surface area contributed by atoms with Gasteiger partial charge in [0.05, 0.1) is 0 Å². The zero-order valence-electron chi connectivity index (χ0n) is 8.67. The van der Waals surface area contributed by atoms with Crippen LogP contribution in [0.1, 0.15) is 18.5 Å². The molecule has 1 atom stereocenters. The summed E-state index contributed by atoms with van der Waals surface area (Å²) in [6.07, 6.45) is 0. The second-order valence-electron chi connectivity index (χ2n) is 2.96. The summed E-state index contributed by atoms with van der Waals surface area (Å²) in [5.74, 6) is 0. The summed E-state index contributed by atoms with van der Waals surface area (Å²) in [4.78, 5) is 2.17. The molecule has 0 N–H and O–H groups in total. The Morgan fingerprint density at radius 3 is 2.14 bits per heavy atom. The molecule has 0 saturated heterocycles. The molecule has 4 radical (unpaired) electrons. The van der Waals surface area contributed by atoms with Gasteiger partial charge in [0.2, 0.25) is 0 Å². The molecule has 0 aromatic heterocycles. The molecule has 1 aromatic rings. The van der Waals surface area contributed by atoms with Crippen LogP contribution in [0, 0.1) is 6.07 Å². The Kier molecular flexibility index (Phi) is 14.1. The van der Waals surface area contributed by atoms with Gasteiger partial charge in [-0.05, 0) is 32.6 Å². The van der Waals surface area contributed by atoms with Crippen molar-refractivity contribution in [2.75, 3.05) is 14.1 Å². The summed E-state index contributed by atoms with van der Waals surface area (Å²) in [7, 11) is 4.15. The molecule has 1 rings (SSSR count). The van der Waals surface area contributed by atoms with Crippen LogP contribution in [-0.2, 0) is 0 Å². The first-order valence-corrected chi connectivity index (χ1v) is 3.85. The molecule has 4 heteroatoms. The van der Waals surface area contributed by atoms with Crippen LogP contribution in [0.25, 0.3) is 0 Å². The molecule has 1 aromatic carbocycles. The van der Waals surface area contributed by atoms with E-state index in [1.165, 1.54) is 5.56 Å². The molecule has 1 nitrogen and oxygen atoms in total. The maximum Gasteiger partial charge on any atom is 0.0319 e. The van der Waals surface area contributed by atoms with Gasteiger partial charge in [0.15, 0.2) is 0 Å². The summed E-state index contributed by atoms with van der Waals surface area (Å²) in [5, 5.41) is 0. The van der Waals surface area contributed by atoms with Gasteiger partial charge in [0, 0.05) is 25.8 Å². The Morgan fingerprint density at radius 1 is 1.21 bits per heavy atom. The average molecular weight is 289 g/mol. The van der Waals surface area contributed by atoms with Crippen LogP contribution < -0.4 is 24.8 Å². The van der Waals surface area contributed by atoms with Crippen LogP contribution in [0.15, 0.2) is 24.3 Å². The van der Waals surface area contributed by atoms with E-state index in [-0.39, 0.29) is 44.6 Å². The molecular weight excluding hydrogens is 275 g/mol. The molecule has 0 aliphatic rings. The first kappa shape index (κ1) is 19.9. The van der Waals surface area contributed by atoms with Gasteiger partial charge in [-0.3, -0.25) is 0 Å². The molecule has 0 spiro atoms. The first-order chi connectivity index (χ1) is 5.22. The third-order valence-corrected chi connectivity index (χ3v) is 1.96. The van der Waals surface area contributed by atoms with E-state index in [1.54, 1.807) is 0 Å². The fourth-order valence-corrected chi connectivity index (χ4v) is 0.945. The van der Waals surface area contributed by atoms with E-state index in [4.69, 9.17) is 0 Å². The minimum atomic E-state index is 0. The van der Waals surface area contributed by atoms with Gasteiger partial charge in [-0.25, -0.2) is 0 Å². The van der Waals surface area contributed by atoms with Crippen molar-refractivity contribution in [3.63, 3.8) is 0 Å². The van der Waals surface area contributed by atoms with E-state index in [2.05, 4.69) is 38.1 Å². The zero-order chi connectivity index (χ0) is 8.27. The molecule has 78 valence electrons. The SMILES string of the molecule is CC(c1[c]cccc1)N(C)C.[Cl-].[Cl-].[Ga]. The van der Waals surface area contributed by atoms with E-state index >= 15 is 0 Å². The Labute approximate surface area is 112 Å². The Bertz CT molecular complexity index is 217. The molecule has 0 fully saturated rings. The van der Waals surface area contributed by atoms with Gasteiger partial charge in [-0.15, -0.1) is 0 Å². The minimum Gasteiger partial charge on any atom is -1.00 e. The standard InChI is InChI=1S/C10H14N.2ClH.Ga/c1-9(11(2)3)10-7-5-4-6-8-10;;;/h4-7,9H,1-3H3;2*1H;/p-2. The summed E-state index contributed by atoms with van der Waals surface area (Å²) in [6.45, 7) is 2.17. The molecule has 0 bridgehead atoms. The molecule has 0 amide bonds.